The van der Waals surface area contributed by atoms with Crippen LogP contribution in [0.3, 0.4) is 0 Å². The number of hydrogen-bond acceptors (Lipinski definition) is 3. The summed E-state index contributed by atoms with van der Waals surface area (Å²) in [6.07, 6.45) is -6.70. The summed E-state index contributed by atoms with van der Waals surface area (Å²) in [7, 11) is 0. The fourth-order valence-corrected chi connectivity index (χ4v) is 2.69. The number of carbonyl (C=O) groups is 1. The molecule has 2 unspecified atom stereocenters. The molecule has 1 aromatic carbocycles. The van der Waals surface area contributed by atoms with Crippen molar-refractivity contribution in [1.29, 1.82) is 0 Å². The van der Waals surface area contributed by atoms with Gasteiger partial charge in [-0.3, -0.25) is 0 Å². The first kappa shape index (κ1) is 19.1. The quantitative estimate of drug-likeness (QED) is 0.760. The van der Waals surface area contributed by atoms with Gasteiger partial charge in [-0.15, -0.1) is 0 Å². The Morgan fingerprint density at radius 3 is 2.40 bits per heavy atom. The molecule has 0 bridgehead atoms. The zero-order chi connectivity index (χ0) is 18.8. The molecule has 0 aliphatic rings. The number of aromatic nitrogens is 1. The maximum Gasteiger partial charge on any atom is 0.389 e. The first-order valence-corrected chi connectivity index (χ1v) is 7.35. The number of rotatable bonds is 5. The lowest BCUT2D eigenvalue weighted by Gasteiger charge is -2.25. The molecule has 1 heterocycles. The van der Waals surface area contributed by atoms with Crippen LogP contribution in [0.2, 0.25) is 5.02 Å². The molecular weight excluding hydrogens is 366 g/mol. The minimum Gasteiger partial charge on any atom is -0.477 e. The van der Waals surface area contributed by atoms with Crippen LogP contribution in [0.4, 0.5) is 17.6 Å². The van der Waals surface area contributed by atoms with E-state index in [0.29, 0.717) is 0 Å². The van der Waals surface area contributed by atoms with Crippen molar-refractivity contribution >= 4 is 17.6 Å². The average Bonchev–Trinajstić information content (AvgIpc) is 2.51. The minimum absolute atomic E-state index is 0.0142. The summed E-state index contributed by atoms with van der Waals surface area (Å²) >= 11 is 5.84. The van der Waals surface area contributed by atoms with Gasteiger partial charge in [-0.1, -0.05) is 23.7 Å². The first-order chi connectivity index (χ1) is 11.6. The molecule has 0 fully saturated rings. The topological polar surface area (TPSA) is 70.4 Å². The third-order valence-corrected chi connectivity index (χ3v) is 3.87. The third-order valence-electron chi connectivity index (χ3n) is 3.54. The van der Waals surface area contributed by atoms with Gasteiger partial charge in [-0.2, -0.15) is 13.2 Å². The second-order valence-corrected chi connectivity index (χ2v) is 5.73. The van der Waals surface area contributed by atoms with Crippen molar-refractivity contribution in [3.63, 3.8) is 0 Å². The number of benzene rings is 1. The van der Waals surface area contributed by atoms with Crippen molar-refractivity contribution in [2.24, 2.45) is 0 Å². The summed E-state index contributed by atoms with van der Waals surface area (Å²) in [6, 6.07) is 5.12. The monoisotopic (exact) mass is 377 g/mol. The number of carboxylic acid groups (broad SMARTS) is 1. The number of halogens is 5. The lowest BCUT2D eigenvalue weighted by Crippen LogP contribution is -2.20. The fourth-order valence-electron chi connectivity index (χ4n) is 2.38. The number of aliphatic hydroxyl groups excluding tert-OH is 1. The number of aromatic carboxylic acids is 1. The summed E-state index contributed by atoms with van der Waals surface area (Å²) in [5, 5.41) is 18.9. The summed E-state index contributed by atoms with van der Waals surface area (Å²) < 4.78 is 51.9. The van der Waals surface area contributed by atoms with Crippen LogP contribution in [-0.4, -0.2) is 27.3 Å². The van der Waals surface area contributed by atoms with E-state index >= 15 is 0 Å². The molecule has 0 amide bonds. The largest absolute Gasteiger partial charge is 0.477 e. The normalized spacial score (nSPS) is 14.2. The van der Waals surface area contributed by atoms with Gasteiger partial charge in [0.1, 0.15) is 11.5 Å². The van der Waals surface area contributed by atoms with E-state index in [1.54, 1.807) is 0 Å². The Bertz CT molecular complexity index is 765. The maximum absolute atomic E-state index is 13.2. The molecule has 0 radical (unpaired) electrons. The van der Waals surface area contributed by atoms with E-state index in [-0.39, 0.29) is 21.8 Å². The molecule has 0 saturated carbocycles. The summed E-state index contributed by atoms with van der Waals surface area (Å²) in [6.45, 7) is 0. The van der Waals surface area contributed by atoms with Gasteiger partial charge >= 0.3 is 12.1 Å². The van der Waals surface area contributed by atoms with Crippen LogP contribution in [0.15, 0.2) is 36.5 Å². The highest BCUT2D eigenvalue weighted by Crippen LogP contribution is 2.42. The van der Waals surface area contributed by atoms with Gasteiger partial charge in [0, 0.05) is 17.1 Å². The Labute approximate surface area is 144 Å². The van der Waals surface area contributed by atoms with E-state index in [1.807, 2.05) is 0 Å². The van der Waals surface area contributed by atoms with Crippen LogP contribution in [-0.2, 0) is 0 Å². The molecular formula is C16H12ClF4NO3. The molecule has 2 rings (SSSR count). The Morgan fingerprint density at radius 2 is 1.92 bits per heavy atom. The second kappa shape index (κ2) is 7.37. The minimum atomic E-state index is -4.61. The van der Waals surface area contributed by atoms with Crippen LogP contribution in [0, 0.1) is 5.82 Å². The Hall–Kier alpha value is -2.19. The van der Waals surface area contributed by atoms with E-state index in [1.165, 1.54) is 6.07 Å². The SMILES string of the molecule is O=C(O)c1ccc(C(O)C(CC(F)(F)F)c2ccc(F)cc2Cl)cn1. The number of hydrogen-bond donors (Lipinski definition) is 2. The number of nitrogens with zero attached hydrogens (tertiary/aromatic N) is 1. The van der Waals surface area contributed by atoms with Crippen molar-refractivity contribution in [3.05, 3.63) is 64.2 Å². The van der Waals surface area contributed by atoms with E-state index in [2.05, 4.69) is 4.98 Å². The maximum atomic E-state index is 13.2. The zero-order valence-corrected chi connectivity index (χ0v) is 13.2. The molecule has 0 spiro atoms. The first-order valence-electron chi connectivity index (χ1n) is 6.97. The zero-order valence-electron chi connectivity index (χ0n) is 12.5. The molecule has 9 heteroatoms. The highest BCUT2D eigenvalue weighted by molar-refractivity contribution is 6.31. The highest BCUT2D eigenvalue weighted by atomic mass is 35.5. The smallest absolute Gasteiger partial charge is 0.389 e. The number of aliphatic hydroxyl groups is 1. The van der Waals surface area contributed by atoms with Crippen LogP contribution < -0.4 is 0 Å². The Kier molecular flexibility index (Phi) is 5.64. The molecule has 134 valence electrons. The summed E-state index contributed by atoms with van der Waals surface area (Å²) in [4.78, 5) is 14.3. The molecule has 1 aromatic heterocycles. The summed E-state index contributed by atoms with van der Waals surface area (Å²) in [5.74, 6) is -3.54. The fraction of sp³-hybridized carbons (Fsp3) is 0.250. The molecule has 25 heavy (non-hydrogen) atoms. The number of carboxylic acids is 1. The molecule has 0 saturated heterocycles. The lowest BCUT2D eigenvalue weighted by atomic mass is 9.86. The molecule has 4 nitrogen and oxygen atoms in total. The van der Waals surface area contributed by atoms with Gasteiger partial charge < -0.3 is 10.2 Å². The predicted octanol–water partition coefficient (Wildman–Crippen LogP) is 4.34. The Morgan fingerprint density at radius 1 is 1.24 bits per heavy atom. The van der Waals surface area contributed by atoms with Crippen LogP contribution in [0.25, 0.3) is 0 Å². The molecule has 0 aliphatic heterocycles. The second-order valence-electron chi connectivity index (χ2n) is 5.32. The molecule has 0 aliphatic carbocycles. The molecule has 2 atom stereocenters. The van der Waals surface area contributed by atoms with E-state index in [4.69, 9.17) is 16.7 Å². The molecule has 2 aromatic rings. The van der Waals surface area contributed by atoms with E-state index < -0.39 is 36.4 Å². The van der Waals surface area contributed by atoms with Crippen molar-refractivity contribution in [2.75, 3.05) is 0 Å². The van der Waals surface area contributed by atoms with Crippen LogP contribution in [0.1, 0.15) is 40.1 Å². The van der Waals surface area contributed by atoms with Gasteiger partial charge in [-0.25, -0.2) is 14.2 Å². The standard InChI is InChI=1S/C16H12ClF4NO3/c17-12-5-9(18)2-3-10(12)11(6-16(19,20)21)14(23)8-1-4-13(15(24)25)22-7-8/h1-5,7,11,14,23H,6H2,(H,24,25). The van der Waals surface area contributed by atoms with Crippen LogP contribution in [0.5, 0.6) is 0 Å². The lowest BCUT2D eigenvalue weighted by molar-refractivity contribution is -0.145. The highest BCUT2D eigenvalue weighted by Gasteiger charge is 2.37. The summed E-state index contributed by atoms with van der Waals surface area (Å²) in [5.41, 5.74) is -0.405. The van der Waals surface area contributed by atoms with Gasteiger partial charge in [0.25, 0.3) is 0 Å². The van der Waals surface area contributed by atoms with Crippen molar-refractivity contribution < 1.29 is 32.6 Å². The molecule has 2 N–H and O–H groups in total. The van der Waals surface area contributed by atoms with Gasteiger partial charge in [0.15, 0.2) is 0 Å². The predicted molar refractivity (Wildman–Crippen MR) is 81.0 cm³/mol. The van der Waals surface area contributed by atoms with E-state index in [0.717, 1.165) is 30.5 Å². The number of pyridine rings is 1. The average molecular weight is 378 g/mol. The third kappa shape index (κ3) is 4.90. The van der Waals surface area contributed by atoms with Crippen LogP contribution >= 0.6 is 11.6 Å². The van der Waals surface area contributed by atoms with Crippen molar-refractivity contribution in [2.45, 2.75) is 24.6 Å². The Balaban J connectivity index is 2.42. The van der Waals surface area contributed by atoms with Crippen molar-refractivity contribution in [3.8, 4) is 0 Å². The van der Waals surface area contributed by atoms with Crippen molar-refractivity contribution in [1.82, 2.24) is 4.98 Å². The van der Waals surface area contributed by atoms with Gasteiger partial charge in [-0.05, 0) is 29.3 Å². The van der Waals surface area contributed by atoms with Gasteiger partial charge in [0.2, 0.25) is 0 Å². The van der Waals surface area contributed by atoms with Gasteiger partial charge in [0.05, 0.1) is 12.5 Å². The van der Waals surface area contributed by atoms with E-state index in [9.17, 15) is 27.5 Å². The number of alkyl halides is 3.